The zero-order valence-electron chi connectivity index (χ0n) is 7.56. The molecule has 1 saturated carbocycles. The van der Waals surface area contributed by atoms with Gasteiger partial charge in [-0.3, -0.25) is 0 Å². The monoisotopic (exact) mass is 156 g/mol. The number of hydrogen-bond acceptors (Lipinski definition) is 0. The summed E-state index contributed by atoms with van der Waals surface area (Å²) < 4.78 is 0. The SMILES string of the molecule is CC1CCCC1C[SiH](C)C. The first kappa shape index (κ1) is 8.31. The van der Waals surface area contributed by atoms with Gasteiger partial charge in [0.15, 0.2) is 0 Å². The first-order chi connectivity index (χ1) is 4.70. The lowest BCUT2D eigenvalue weighted by Gasteiger charge is -2.16. The van der Waals surface area contributed by atoms with E-state index in [9.17, 15) is 0 Å². The largest absolute Gasteiger partial charge is 0.0722 e. The average Bonchev–Trinajstić information content (AvgIpc) is 2.15. The van der Waals surface area contributed by atoms with E-state index >= 15 is 0 Å². The van der Waals surface area contributed by atoms with Gasteiger partial charge < -0.3 is 0 Å². The van der Waals surface area contributed by atoms with Crippen LogP contribution in [0.4, 0.5) is 0 Å². The Morgan fingerprint density at radius 3 is 2.40 bits per heavy atom. The van der Waals surface area contributed by atoms with Crippen LogP contribution in [0.3, 0.4) is 0 Å². The van der Waals surface area contributed by atoms with Gasteiger partial charge in [0.05, 0.1) is 0 Å². The van der Waals surface area contributed by atoms with Crippen molar-refractivity contribution in [1.82, 2.24) is 0 Å². The Kier molecular flexibility index (Phi) is 2.96. The van der Waals surface area contributed by atoms with Crippen LogP contribution in [0.2, 0.25) is 19.1 Å². The van der Waals surface area contributed by atoms with Gasteiger partial charge in [-0.05, 0) is 11.8 Å². The van der Waals surface area contributed by atoms with E-state index in [-0.39, 0.29) is 8.80 Å². The highest BCUT2D eigenvalue weighted by Gasteiger charge is 2.23. The van der Waals surface area contributed by atoms with Gasteiger partial charge in [-0.1, -0.05) is 45.3 Å². The molecule has 1 heteroatoms. The Balaban J connectivity index is 2.26. The van der Waals surface area contributed by atoms with Crippen LogP contribution in [0.15, 0.2) is 0 Å². The summed E-state index contributed by atoms with van der Waals surface area (Å²) >= 11 is 0. The van der Waals surface area contributed by atoms with E-state index in [1.165, 1.54) is 19.3 Å². The average molecular weight is 156 g/mol. The summed E-state index contributed by atoms with van der Waals surface area (Å²) in [6.07, 6.45) is 4.55. The fourth-order valence-electron chi connectivity index (χ4n) is 2.18. The van der Waals surface area contributed by atoms with E-state index in [0.29, 0.717) is 0 Å². The minimum absolute atomic E-state index is 0.262. The summed E-state index contributed by atoms with van der Waals surface area (Å²) in [5.74, 6) is 2.17. The van der Waals surface area contributed by atoms with Gasteiger partial charge in [0, 0.05) is 8.80 Å². The standard InChI is InChI=1S/C9H20Si/c1-8-5-4-6-9(8)7-10(2)3/h8-10H,4-7H2,1-3H3. The number of rotatable bonds is 2. The molecule has 0 N–H and O–H groups in total. The third kappa shape index (κ3) is 2.12. The van der Waals surface area contributed by atoms with Crippen LogP contribution in [-0.4, -0.2) is 8.80 Å². The van der Waals surface area contributed by atoms with Crippen molar-refractivity contribution in [3.63, 3.8) is 0 Å². The van der Waals surface area contributed by atoms with Crippen LogP contribution in [0.5, 0.6) is 0 Å². The summed E-state index contributed by atoms with van der Waals surface area (Å²) in [5.41, 5.74) is 0. The van der Waals surface area contributed by atoms with Crippen LogP contribution in [0.1, 0.15) is 26.2 Å². The second-order valence-electron chi connectivity index (χ2n) is 4.30. The molecular formula is C9H20Si. The van der Waals surface area contributed by atoms with Crippen molar-refractivity contribution in [1.29, 1.82) is 0 Å². The molecule has 0 aromatic heterocycles. The summed E-state index contributed by atoms with van der Waals surface area (Å²) in [5, 5.41) is 0. The van der Waals surface area contributed by atoms with Crippen LogP contribution >= 0.6 is 0 Å². The Labute approximate surface area is 66.6 Å². The topological polar surface area (TPSA) is 0 Å². The van der Waals surface area contributed by atoms with Crippen molar-refractivity contribution in [2.75, 3.05) is 0 Å². The van der Waals surface area contributed by atoms with Crippen LogP contribution < -0.4 is 0 Å². The van der Waals surface area contributed by atoms with Crippen molar-refractivity contribution in [2.45, 2.75) is 45.3 Å². The predicted molar refractivity (Wildman–Crippen MR) is 50.2 cm³/mol. The molecule has 2 unspecified atom stereocenters. The minimum Gasteiger partial charge on any atom is -0.0722 e. The lowest BCUT2D eigenvalue weighted by molar-refractivity contribution is 0.454. The molecule has 1 rings (SSSR count). The second kappa shape index (κ2) is 3.56. The van der Waals surface area contributed by atoms with E-state index in [2.05, 4.69) is 20.0 Å². The Morgan fingerprint density at radius 1 is 1.30 bits per heavy atom. The van der Waals surface area contributed by atoms with E-state index in [4.69, 9.17) is 0 Å². The second-order valence-corrected chi connectivity index (χ2v) is 7.56. The first-order valence-electron chi connectivity index (χ1n) is 4.70. The molecular weight excluding hydrogens is 136 g/mol. The van der Waals surface area contributed by atoms with Crippen molar-refractivity contribution in [3.8, 4) is 0 Å². The van der Waals surface area contributed by atoms with Crippen molar-refractivity contribution < 1.29 is 0 Å². The first-order valence-corrected chi connectivity index (χ1v) is 7.82. The number of hydrogen-bond donors (Lipinski definition) is 0. The maximum absolute atomic E-state index is 2.48. The molecule has 0 nitrogen and oxygen atoms in total. The van der Waals surface area contributed by atoms with E-state index in [0.717, 1.165) is 11.8 Å². The predicted octanol–water partition coefficient (Wildman–Crippen LogP) is 2.91. The third-order valence-electron chi connectivity index (χ3n) is 2.81. The van der Waals surface area contributed by atoms with Gasteiger partial charge in [0.2, 0.25) is 0 Å². The quantitative estimate of drug-likeness (QED) is 0.539. The molecule has 1 fully saturated rings. The third-order valence-corrected chi connectivity index (χ3v) is 4.36. The maximum atomic E-state index is 2.48. The lowest BCUT2D eigenvalue weighted by Crippen LogP contribution is -2.11. The fourth-order valence-corrected chi connectivity index (χ4v) is 4.09. The van der Waals surface area contributed by atoms with Crippen molar-refractivity contribution in [3.05, 3.63) is 0 Å². The molecule has 2 atom stereocenters. The lowest BCUT2D eigenvalue weighted by atomic mass is 10.0. The molecule has 1 aliphatic carbocycles. The highest BCUT2D eigenvalue weighted by Crippen LogP contribution is 2.34. The molecule has 60 valence electrons. The van der Waals surface area contributed by atoms with Gasteiger partial charge in [0.1, 0.15) is 0 Å². The normalized spacial score (nSPS) is 33.6. The zero-order valence-corrected chi connectivity index (χ0v) is 8.72. The van der Waals surface area contributed by atoms with Crippen LogP contribution in [0, 0.1) is 11.8 Å². The van der Waals surface area contributed by atoms with E-state index < -0.39 is 0 Å². The molecule has 1 aliphatic rings. The van der Waals surface area contributed by atoms with Crippen LogP contribution in [0.25, 0.3) is 0 Å². The van der Waals surface area contributed by atoms with Gasteiger partial charge in [0.25, 0.3) is 0 Å². The summed E-state index contributed by atoms with van der Waals surface area (Å²) in [6.45, 7) is 7.39. The van der Waals surface area contributed by atoms with Crippen molar-refractivity contribution in [2.24, 2.45) is 11.8 Å². The van der Waals surface area contributed by atoms with Gasteiger partial charge in [-0.25, -0.2) is 0 Å². The molecule has 0 saturated heterocycles. The van der Waals surface area contributed by atoms with E-state index in [1.807, 2.05) is 0 Å². The maximum Gasteiger partial charge on any atom is 0.0308 e. The van der Waals surface area contributed by atoms with Crippen molar-refractivity contribution >= 4 is 8.80 Å². The molecule has 0 aromatic carbocycles. The minimum atomic E-state index is -0.262. The molecule has 0 bridgehead atoms. The molecule has 0 radical (unpaired) electrons. The van der Waals surface area contributed by atoms with Gasteiger partial charge in [-0.15, -0.1) is 0 Å². The molecule has 0 aliphatic heterocycles. The summed E-state index contributed by atoms with van der Waals surface area (Å²) in [4.78, 5) is 0. The highest BCUT2D eigenvalue weighted by atomic mass is 28.3. The van der Waals surface area contributed by atoms with Gasteiger partial charge >= 0.3 is 0 Å². The zero-order chi connectivity index (χ0) is 7.56. The molecule has 10 heavy (non-hydrogen) atoms. The van der Waals surface area contributed by atoms with Crippen LogP contribution in [-0.2, 0) is 0 Å². The Morgan fingerprint density at radius 2 is 2.00 bits per heavy atom. The highest BCUT2D eigenvalue weighted by molar-refractivity contribution is 6.55. The molecule has 0 spiro atoms. The smallest absolute Gasteiger partial charge is 0.0308 e. The Bertz CT molecular complexity index is 98.9. The summed E-state index contributed by atoms with van der Waals surface area (Å²) in [6, 6.07) is 1.60. The molecule has 0 amide bonds. The fraction of sp³-hybridized carbons (Fsp3) is 1.00. The van der Waals surface area contributed by atoms with Gasteiger partial charge in [-0.2, -0.15) is 0 Å². The molecule has 0 heterocycles. The Hall–Kier alpha value is 0.217. The molecule has 0 aromatic rings. The van der Waals surface area contributed by atoms with E-state index in [1.54, 1.807) is 6.04 Å². The summed E-state index contributed by atoms with van der Waals surface area (Å²) in [7, 11) is -0.262.